The minimum atomic E-state index is -0.146. The Labute approximate surface area is 100 Å². The van der Waals surface area contributed by atoms with Crippen LogP contribution in [0, 0.1) is 0 Å². The van der Waals surface area contributed by atoms with Gasteiger partial charge in [-0.25, -0.2) is 0 Å². The van der Waals surface area contributed by atoms with Gasteiger partial charge in [0, 0.05) is 25.9 Å². The number of hydrogen-bond donors (Lipinski definition) is 2. The van der Waals surface area contributed by atoms with Crippen LogP contribution in [0.1, 0.15) is 0 Å². The Balaban J connectivity index is 2.39. The van der Waals surface area contributed by atoms with Crippen LogP contribution < -0.4 is 15.4 Å². The van der Waals surface area contributed by atoms with Crippen molar-refractivity contribution in [2.75, 3.05) is 39.2 Å². The predicted molar refractivity (Wildman–Crippen MR) is 64.2 cm³/mol. The molecule has 0 bridgehead atoms. The average molecular weight is 239 g/mol. The number of carbonyl (C=O) groups excluding carboxylic acids is 1. The molecule has 0 aliphatic heterocycles. The Morgan fingerprint density at radius 3 is 3.00 bits per heavy atom. The lowest BCUT2D eigenvalue weighted by atomic mass is 10.3. The van der Waals surface area contributed by atoms with Crippen LogP contribution in [-0.4, -0.2) is 44.8 Å². The summed E-state index contributed by atoms with van der Waals surface area (Å²) in [5, 5.41) is 5.65. The Kier molecular flexibility index (Phi) is 5.98. The fraction of sp³-hybridized carbons (Fsp3) is 0.455. The van der Waals surface area contributed by atoms with E-state index in [4.69, 9.17) is 9.47 Å². The second kappa shape index (κ2) is 7.59. The van der Waals surface area contributed by atoms with Crippen molar-refractivity contribution in [2.45, 2.75) is 0 Å². The van der Waals surface area contributed by atoms with Crippen molar-refractivity contribution in [2.24, 2.45) is 0 Å². The third kappa shape index (κ3) is 4.80. The molecule has 6 nitrogen and oxygen atoms in total. The third-order valence-electron chi connectivity index (χ3n) is 2.04. The summed E-state index contributed by atoms with van der Waals surface area (Å²) in [6.07, 6.45) is 3.15. The van der Waals surface area contributed by atoms with Crippen molar-refractivity contribution in [3.63, 3.8) is 0 Å². The number of hydrogen-bond acceptors (Lipinski definition) is 5. The summed E-state index contributed by atoms with van der Waals surface area (Å²) < 4.78 is 9.95. The molecule has 1 heterocycles. The third-order valence-corrected chi connectivity index (χ3v) is 2.04. The van der Waals surface area contributed by atoms with Crippen molar-refractivity contribution < 1.29 is 14.3 Å². The summed E-state index contributed by atoms with van der Waals surface area (Å²) in [5.74, 6) is 0.442. The molecule has 0 aliphatic carbocycles. The molecule has 6 heteroatoms. The largest absolute Gasteiger partial charge is 0.494 e. The van der Waals surface area contributed by atoms with Gasteiger partial charge in [0.1, 0.15) is 11.4 Å². The van der Waals surface area contributed by atoms with Gasteiger partial charge in [0.05, 0.1) is 26.5 Å². The number of ether oxygens (including phenoxy) is 2. The van der Waals surface area contributed by atoms with Crippen LogP contribution in [0.25, 0.3) is 0 Å². The van der Waals surface area contributed by atoms with E-state index in [0.717, 1.165) is 0 Å². The zero-order valence-corrected chi connectivity index (χ0v) is 10.0. The highest BCUT2D eigenvalue weighted by Gasteiger charge is 2.06. The molecule has 0 atom stereocenters. The maximum absolute atomic E-state index is 11.5. The molecule has 0 aliphatic rings. The lowest BCUT2D eigenvalue weighted by molar-refractivity contribution is -0.115. The number of rotatable bonds is 7. The van der Waals surface area contributed by atoms with E-state index in [1.807, 2.05) is 0 Å². The molecule has 0 saturated carbocycles. The quantitative estimate of drug-likeness (QED) is 0.668. The molecule has 0 unspecified atom stereocenters. The first-order valence-corrected chi connectivity index (χ1v) is 5.25. The van der Waals surface area contributed by atoms with E-state index in [2.05, 4.69) is 15.6 Å². The van der Waals surface area contributed by atoms with Crippen LogP contribution >= 0.6 is 0 Å². The fourth-order valence-corrected chi connectivity index (χ4v) is 1.22. The number of carbonyl (C=O) groups is 1. The van der Waals surface area contributed by atoms with Gasteiger partial charge in [-0.2, -0.15) is 0 Å². The highest BCUT2D eigenvalue weighted by atomic mass is 16.5. The number of nitrogens with zero attached hydrogens (tertiary/aromatic N) is 1. The van der Waals surface area contributed by atoms with E-state index >= 15 is 0 Å². The van der Waals surface area contributed by atoms with Gasteiger partial charge in [-0.15, -0.1) is 0 Å². The van der Waals surface area contributed by atoms with Gasteiger partial charge in [0.25, 0.3) is 0 Å². The molecule has 0 radical (unpaired) electrons. The maximum atomic E-state index is 11.5. The number of amides is 1. The van der Waals surface area contributed by atoms with E-state index in [1.165, 1.54) is 0 Å². The number of aromatic nitrogens is 1. The molecule has 0 spiro atoms. The normalized spacial score (nSPS) is 10.0. The van der Waals surface area contributed by atoms with Gasteiger partial charge in [-0.1, -0.05) is 0 Å². The molecular weight excluding hydrogens is 222 g/mol. The Morgan fingerprint density at radius 2 is 2.29 bits per heavy atom. The first-order valence-electron chi connectivity index (χ1n) is 5.25. The average Bonchev–Trinajstić information content (AvgIpc) is 2.35. The van der Waals surface area contributed by atoms with Crippen LogP contribution in [0.15, 0.2) is 18.5 Å². The second-order valence-electron chi connectivity index (χ2n) is 3.29. The van der Waals surface area contributed by atoms with E-state index in [9.17, 15) is 4.79 Å². The van der Waals surface area contributed by atoms with E-state index in [-0.39, 0.29) is 12.5 Å². The van der Waals surface area contributed by atoms with Crippen LogP contribution in [-0.2, 0) is 9.53 Å². The molecule has 1 rings (SSSR count). The second-order valence-corrected chi connectivity index (χ2v) is 3.29. The van der Waals surface area contributed by atoms with Crippen molar-refractivity contribution in [3.8, 4) is 5.75 Å². The minimum absolute atomic E-state index is 0.146. The topological polar surface area (TPSA) is 72.5 Å². The highest BCUT2D eigenvalue weighted by molar-refractivity contribution is 5.93. The molecule has 94 valence electrons. The summed E-state index contributed by atoms with van der Waals surface area (Å²) in [5.41, 5.74) is 0.563. The first kappa shape index (κ1) is 13.4. The predicted octanol–water partition coefficient (Wildman–Crippen LogP) is 0.265. The Bertz CT molecular complexity index is 358. The van der Waals surface area contributed by atoms with E-state index in [0.29, 0.717) is 24.6 Å². The zero-order chi connectivity index (χ0) is 12.5. The maximum Gasteiger partial charge on any atom is 0.238 e. The number of methoxy groups -OCH3 is 2. The molecular formula is C11H17N3O3. The molecule has 1 amide bonds. The van der Waals surface area contributed by atoms with Gasteiger partial charge in [-0.05, 0) is 0 Å². The van der Waals surface area contributed by atoms with Crippen LogP contribution in [0.3, 0.4) is 0 Å². The summed E-state index contributed by atoms with van der Waals surface area (Å²) in [6.45, 7) is 1.43. The molecule has 1 aromatic rings. The van der Waals surface area contributed by atoms with Gasteiger partial charge < -0.3 is 20.1 Å². The first-order chi connectivity index (χ1) is 8.27. The van der Waals surface area contributed by atoms with Crippen LogP contribution in [0.5, 0.6) is 5.75 Å². The van der Waals surface area contributed by atoms with Gasteiger partial charge in [0.2, 0.25) is 5.91 Å². The molecule has 0 aromatic carbocycles. The van der Waals surface area contributed by atoms with Crippen molar-refractivity contribution in [3.05, 3.63) is 18.5 Å². The number of nitrogens with one attached hydrogen (secondary N) is 2. The number of anilines is 1. The standard InChI is InChI=1S/C11H17N3O3/c1-16-6-5-13-8-11(15)14-9-7-12-4-3-10(9)17-2/h3-4,7,13H,5-6,8H2,1-2H3,(H,14,15). The Hall–Kier alpha value is -1.66. The lowest BCUT2D eigenvalue weighted by Gasteiger charge is -2.09. The molecule has 2 N–H and O–H groups in total. The van der Waals surface area contributed by atoms with Crippen molar-refractivity contribution in [1.29, 1.82) is 0 Å². The molecule has 17 heavy (non-hydrogen) atoms. The van der Waals surface area contributed by atoms with Crippen LogP contribution in [0.2, 0.25) is 0 Å². The van der Waals surface area contributed by atoms with E-state index < -0.39 is 0 Å². The SMILES string of the molecule is COCCNCC(=O)Nc1cnccc1OC. The molecule has 0 saturated heterocycles. The lowest BCUT2D eigenvalue weighted by Crippen LogP contribution is -2.30. The summed E-state index contributed by atoms with van der Waals surface area (Å²) >= 11 is 0. The van der Waals surface area contributed by atoms with Gasteiger partial charge >= 0.3 is 0 Å². The van der Waals surface area contributed by atoms with Gasteiger partial charge in [-0.3, -0.25) is 9.78 Å². The minimum Gasteiger partial charge on any atom is -0.494 e. The highest BCUT2D eigenvalue weighted by Crippen LogP contribution is 2.21. The number of pyridine rings is 1. The summed E-state index contributed by atoms with van der Waals surface area (Å²) in [4.78, 5) is 15.5. The summed E-state index contributed by atoms with van der Waals surface area (Å²) in [6, 6.07) is 1.69. The van der Waals surface area contributed by atoms with Gasteiger partial charge in [0.15, 0.2) is 0 Å². The zero-order valence-electron chi connectivity index (χ0n) is 10.0. The fourth-order valence-electron chi connectivity index (χ4n) is 1.22. The monoisotopic (exact) mass is 239 g/mol. The van der Waals surface area contributed by atoms with Crippen molar-refractivity contribution in [1.82, 2.24) is 10.3 Å². The summed E-state index contributed by atoms with van der Waals surface area (Å²) in [7, 11) is 3.16. The van der Waals surface area contributed by atoms with Crippen molar-refractivity contribution >= 4 is 11.6 Å². The smallest absolute Gasteiger partial charge is 0.238 e. The van der Waals surface area contributed by atoms with E-state index in [1.54, 1.807) is 32.7 Å². The van der Waals surface area contributed by atoms with Crippen LogP contribution in [0.4, 0.5) is 5.69 Å². The molecule has 0 fully saturated rings. The Morgan fingerprint density at radius 1 is 1.47 bits per heavy atom. The molecule has 1 aromatic heterocycles.